The number of ether oxygens (including phenoxy) is 1. The standard InChI is InChI=1S/C14H8ClF3O3/c15-9-1-2-10(16)8(3-9)6-21-13-11(17)4-7(14(19)20)5-12(13)18/h1-5H,6H2,(H,19,20). The maximum absolute atomic E-state index is 13.6. The first-order chi connectivity index (χ1) is 9.88. The van der Waals surface area contributed by atoms with Gasteiger partial charge in [-0.05, 0) is 30.3 Å². The molecule has 0 radical (unpaired) electrons. The molecule has 0 bridgehead atoms. The third kappa shape index (κ3) is 3.46. The Morgan fingerprint density at radius 3 is 2.29 bits per heavy atom. The van der Waals surface area contributed by atoms with Crippen LogP contribution in [0, 0.1) is 17.5 Å². The third-order valence-electron chi connectivity index (χ3n) is 2.63. The molecule has 2 aromatic carbocycles. The summed E-state index contributed by atoms with van der Waals surface area (Å²) in [5.41, 5.74) is -0.533. The van der Waals surface area contributed by atoms with E-state index in [0.29, 0.717) is 12.1 Å². The van der Waals surface area contributed by atoms with Crippen molar-refractivity contribution in [1.29, 1.82) is 0 Å². The molecule has 2 rings (SSSR count). The molecule has 0 aliphatic heterocycles. The lowest BCUT2D eigenvalue weighted by molar-refractivity contribution is 0.0695. The number of aromatic carboxylic acids is 1. The van der Waals surface area contributed by atoms with E-state index in [4.69, 9.17) is 21.4 Å². The Balaban J connectivity index is 2.24. The van der Waals surface area contributed by atoms with Gasteiger partial charge in [-0.1, -0.05) is 11.6 Å². The van der Waals surface area contributed by atoms with E-state index < -0.39 is 41.3 Å². The molecule has 0 amide bonds. The van der Waals surface area contributed by atoms with Gasteiger partial charge in [0, 0.05) is 10.6 Å². The number of hydrogen-bond acceptors (Lipinski definition) is 2. The van der Waals surface area contributed by atoms with Crippen LogP contribution >= 0.6 is 11.6 Å². The SMILES string of the molecule is O=C(O)c1cc(F)c(OCc2cc(Cl)ccc2F)c(F)c1. The van der Waals surface area contributed by atoms with Gasteiger partial charge in [0.25, 0.3) is 0 Å². The lowest BCUT2D eigenvalue weighted by atomic mass is 10.2. The van der Waals surface area contributed by atoms with Gasteiger partial charge in [0.05, 0.1) is 5.56 Å². The highest BCUT2D eigenvalue weighted by Crippen LogP contribution is 2.25. The second-order valence-electron chi connectivity index (χ2n) is 4.10. The minimum absolute atomic E-state index is 0.0172. The van der Waals surface area contributed by atoms with Crippen LogP contribution in [0.4, 0.5) is 13.2 Å². The van der Waals surface area contributed by atoms with Crippen molar-refractivity contribution in [3.05, 3.63) is 63.9 Å². The Labute approximate surface area is 122 Å². The number of carbonyl (C=O) groups is 1. The Morgan fingerprint density at radius 1 is 1.10 bits per heavy atom. The maximum atomic E-state index is 13.6. The molecule has 3 nitrogen and oxygen atoms in total. The average Bonchev–Trinajstić information content (AvgIpc) is 2.41. The van der Waals surface area contributed by atoms with Crippen molar-refractivity contribution in [3.63, 3.8) is 0 Å². The fraction of sp³-hybridized carbons (Fsp3) is 0.0714. The molecule has 21 heavy (non-hydrogen) atoms. The number of benzene rings is 2. The van der Waals surface area contributed by atoms with Crippen molar-refractivity contribution in [2.45, 2.75) is 6.61 Å². The number of halogens is 4. The zero-order valence-electron chi connectivity index (χ0n) is 10.4. The summed E-state index contributed by atoms with van der Waals surface area (Å²) in [6.07, 6.45) is 0. The molecular formula is C14H8ClF3O3. The predicted octanol–water partition coefficient (Wildman–Crippen LogP) is 4.03. The zero-order valence-corrected chi connectivity index (χ0v) is 11.1. The van der Waals surface area contributed by atoms with Crippen molar-refractivity contribution < 1.29 is 27.8 Å². The van der Waals surface area contributed by atoms with Gasteiger partial charge in [-0.3, -0.25) is 0 Å². The van der Waals surface area contributed by atoms with Gasteiger partial charge in [-0.2, -0.15) is 0 Å². The van der Waals surface area contributed by atoms with E-state index in [1.807, 2.05) is 0 Å². The fourth-order valence-corrected chi connectivity index (χ4v) is 1.82. The molecule has 0 aliphatic rings. The first-order valence-corrected chi connectivity index (χ1v) is 6.05. The van der Waals surface area contributed by atoms with Crippen molar-refractivity contribution in [1.82, 2.24) is 0 Å². The Morgan fingerprint density at radius 2 is 1.71 bits per heavy atom. The Kier molecular flexibility index (Phi) is 4.37. The van der Waals surface area contributed by atoms with E-state index in [1.165, 1.54) is 12.1 Å². The van der Waals surface area contributed by atoms with Crippen LogP contribution in [0.1, 0.15) is 15.9 Å². The summed E-state index contributed by atoms with van der Waals surface area (Å²) in [4.78, 5) is 10.6. The molecule has 7 heteroatoms. The summed E-state index contributed by atoms with van der Waals surface area (Å²) >= 11 is 5.68. The molecule has 110 valence electrons. The molecular weight excluding hydrogens is 309 g/mol. The largest absolute Gasteiger partial charge is 0.483 e. The number of rotatable bonds is 4. The summed E-state index contributed by atoms with van der Waals surface area (Å²) in [6.45, 7) is -0.452. The van der Waals surface area contributed by atoms with Crippen LogP contribution in [0.25, 0.3) is 0 Å². The summed E-state index contributed by atoms with van der Waals surface area (Å²) in [5.74, 6) is -5.26. The second-order valence-corrected chi connectivity index (χ2v) is 4.54. The monoisotopic (exact) mass is 316 g/mol. The van der Waals surface area contributed by atoms with Crippen molar-refractivity contribution in [2.75, 3.05) is 0 Å². The molecule has 0 fully saturated rings. The van der Waals surface area contributed by atoms with Crippen molar-refractivity contribution in [2.24, 2.45) is 0 Å². The topological polar surface area (TPSA) is 46.5 Å². The normalized spacial score (nSPS) is 10.5. The Bertz CT molecular complexity index is 681. The average molecular weight is 317 g/mol. The van der Waals surface area contributed by atoms with E-state index in [0.717, 1.165) is 6.07 Å². The van der Waals surface area contributed by atoms with Crippen molar-refractivity contribution in [3.8, 4) is 5.75 Å². The van der Waals surface area contributed by atoms with E-state index >= 15 is 0 Å². The summed E-state index contributed by atoms with van der Waals surface area (Å²) in [7, 11) is 0. The minimum atomic E-state index is -1.47. The van der Waals surface area contributed by atoms with Crippen LogP contribution in [0.3, 0.4) is 0 Å². The number of carboxylic acid groups (broad SMARTS) is 1. The van der Waals surface area contributed by atoms with Gasteiger partial charge < -0.3 is 9.84 Å². The van der Waals surface area contributed by atoms with E-state index in [1.54, 1.807) is 0 Å². The van der Waals surface area contributed by atoms with E-state index in [2.05, 4.69) is 0 Å². The molecule has 1 N–H and O–H groups in total. The van der Waals surface area contributed by atoms with E-state index in [9.17, 15) is 18.0 Å². The lowest BCUT2D eigenvalue weighted by Gasteiger charge is -2.10. The van der Waals surface area contributed by atoms with Crippen LogP contribution in [0.15, 0.2) is 30.3 Å². The fourth-order valence-electron chi connectivity index (χ4n) is 1.63. The van der Waals surface area contributed by atoms with Crippen LogP contribution < -0.4 is 4.74 Å². The molecule has 0 spiro atoms. The Hall–Kier alpha value is -2.21. The van der Waals surface area contributed by atoms with Gasteiger partial charge in [0.2, 0.25) is 0 Å². The molecule has 0 saturated heterocycles. The maximum Gasteiger partial charge on any atom is 0.335 e. The highest BCUT2D eigenvalue weighted by atomic mass is 35.5. The van der Waals surface area contributed by atoms with Crippen LogP contribution in [-0.2, 0) is 6.61 Å². The lowest BCUT2D eigenvalue weighted by Crippen LogP contribution is -2.05. The third-order valence-corrected chi connectivity index (χ3v) is 2.86. The van der Waals surface area contributed by atoms with Crippen LogP contribution in [0.2, 0.25) is 5.02 Å². The highest BCUT2D eigenvalue weighted by molar-refractivity contribution is 6.30. The van der Waals surface area contributed by atoms with Crippen LogP contribution in [0.5, 0.6) is 5.75 Å². The molecule has 0 heterocycles. The second kappa shape index (κ2) is 6.05. The first kappa shape index (κ1) is 15.2. The van der Waals surface area contributed by atoms with Crippen LogP contribution in [-0.4, -0.2) is 11.1 Å². The number of hydrogen-bond donors (Lipinski definition) is 1. The first-order valence-electron chi connectivity index (χ1n) is 5.67. The van der Waals surface area contributed by atoms with Gasteiger partial charge in [-0.15, -0.1) is 0 Å². The molecule has 0 atom stereocenters. The smallest absolute Gasteiger partial charge is 0.335 e. The highest BCUT2D eigenvalue weighted by Gasteiger charge is 2.16. The number of carboxylic acids is 1. The molecule has 2 aromatic rings. The minimum Gasteiger partial charge on any atom is -0.483 e. The van der Waals surface area contributed by atoms with Gasteiger partial charge in [0.15, 0.2) is 17.4 Å². The summed E-state index contributed by atoms with van der Waals surface area (Å²) in [5, 5.41) is 8.91. The summed E-state index contributed by atoms with van der Waals surface area (Å²) < 4.78 is 45.5. The molecule has 0 saturated carbocycles. The molecule has 0 unspecified atom stereocenters. The van der Waals surface area contributed by atoms with Gasteiger partial charge in [-0.25, -0.2) is 18.0 Å². The summed E-state index contributed by atoms with van der Waals surface area (Å²) in [6, 6.07) is 4.92. The molecule has 0 aromatic heterocycles. The van der Waals surface area contributed by atoms with E-state index in [-0.39, 0.29) is 10.6 Å². The zero-order chi connectivity index (χ0) is 15.6. The van der Waals surface area contributed by atoms with Crippen molar-refractivity contribution >= 4 is 17.6 Å². The van der Waals surface area contributed by atoms with Gasteiger partial charge >= 0.3 is 5.97 Å². The quantitative estimate of drug-likeness (QED) is 0.926. The molecule has 0 aliphatic carbocycles. The van der Waals surface area contributed by atoms with Gasteiger partial charge in [0.1, 0.15) is 12.4 Å². The predicted molar refractivity (Wildman–Crippen MR) is 69.1 cm³/mol.